The Morgan fingerprint density at radius 3 is 2.87 bits per heavy atom. The number of carbonyl (C=O) groups excluding carboxylic acids is 1. The predicted molar refractivity (Wildman–Crippen MR) is 92.7 cm³/mol. The van der Waals surface area contributed by atoms with E-state index in [1.807, 2.05) is 6.92 Å². The van der Waals surface area contributed by atoms with Gasteiger partial charge >= 0.3 is 0 Å². The molecule has 2 aliphatic heterocycles. The fourth-order valence-electron chi connectivity index (χ4n) is 2.66. The van der Waals surface area contributed by atoms with Gasteiger partial charge in [0.15, 0.2) is 16.7 Å². The molecule has 2 aliphatic rings. The first-order valence-corrected chi connectivity index (χ1v) is 8.72. The molecular formula is C17H20N2O3S. The monoisotopic (exact) mass is 332 g/mol. The first-order valence-electron chi connectivity index (χ1n) is 7.90. The lowest BCUT2D eigenvalue weighted by molar-refractivity contribution is -0.113. The number of amidine groups is 1. The summed E-state index contributed by atoms with van der Waals surface area (Å²) >= 11 is 1.43. The fourth-order valence-corrected chi connectivity index (χ4v) is 3.63. The van der Waals surface area contributed by atoms with Crippen LogP contribution in [0.1, 0.15) is 31.7 Å². The van der Waals surface area contributed by atoms with E-state index in [9.17, 15) is 9.90 Å². The van der Waals surface area contributed by atoms with E-state index in [0.29, 0.717) is 17.3 Å². The Morgan fingerprint density at radius 1 is 1.35 bits per heavy atom. The van der Waals surface area contributed by atoms with E-state index in [1.54, 1.807) is 24.3 Å². The Morgan fingerprint density at radius 2 is 2.13 bits per heavy atom. The Labute approximate surface area is 140 Å². The summed E-state index contributed by atoms with van der Waals surface area (Å²) in [6.45, 7) is 4.28. The van der Waals surface area contributed by atoms with E-state index < -0.39 is 0 Å². The summed E-state index contributed by atoms with van der Waals surface area (Å²) in [5.74, 6) is 0.334. The van der Waals surface area contributed by atoms with Crippen LogP contribution in [0.5, 0.6) is 11.5 Å². The van der Waals surface area contributed by atoms with Crippen molar-refractivity contribution in [2.24, 2.45) is 4.99 Å². The third-order valence-electron chi connectivity index (χ3n) is 3.82. The zero-order valence-corrected chi connectivity index (χ0v) is 13.9. The predicted octanol–water partition coefficient (Wildman–Crippen LogP) is 3.25. The van der Waals surface area contributed by atoms with Gasteiger partial charge in [0.2, 0.25) is 0 Å². The summed E-state index contributed by atoms with van der Waals surface area (Å²) in [6.07, 6.45) is 5.36. The number of thioether (sulfide) groups is 1. The van der Waals surface area contributed by atoms with Crippen molar-refractivity contribution >= 4 is 28.9 Å². The van der Waals surface area contributed by atoms with Crippen LogP contribution in [0.15, 0.2) is 28.1 Å². The summed E-state index contributed by atoms with van der Waals surface area (Å²) < 4.78 is 5.38. The largest absolute Gasteiger partial charge is 0.504 e. The molecule has 1 saturated heterocycles. The number of piperidine rings is 1. The average molecular weight is 332 g/mol. The number of amides is 1. The lowest BCUT2D eigenvalue weighted by Gasteiger charge is -2.27. The molecule has 6 heteroatoms. The molecule has 122 valence electrons. The van der Waals surface area contributed by atoms with E-state index in [4.69, 9.17) is 4.74 Å². The first kappa shape index (κ1) is 15.9. The van der Waals surface area contributed by atoms with E-state index in [2.05, 4.69) is 9.89 Å². The Kier molecular flexibility index (Phi) is 4.91. The molecule has 5 nitrogen and oxygen atoms in total. The van der Waals surface area contributed by atoms with Crippen molar-refractivity contribution in [3.63, 3.8) is 0 Å². The number of benzene rings is 1. The Bertz CT molecular complexity index is 664. The highest BCUT2D eigenvalue weighted by Crippen LogP contribution is 2.33. The molecule has 0 spiro atoms. The molecule has 1 aromatic rings. The molecule has 1 fully saturated rings. The van der Waals surface area contributed by atoms with Crippen LogP contribution in [0.2, 0.25) is 0 Å². The molecule has 0 radical (unpaired) electrons. The number of likely N-dealkylation sites (tertiary alicyclic amines) is 1. The summed E-state index contributed by atoms with van der Waals surface area (Å²) in [4.78, 5) is 19.1. The molecule has 1 N–H and O–H groups in total. The number of rotatable bonds is 3. The topological polar surface area (TPSA) is 62.1 Å². The van der Waals surface area contributed by atoms with Gasteiger partial charge in [0.25, 0.3) is 5.91 Å². The minimum absolute atomic E-state index is 0.102. The summed E-state index contributed by atoms with van der Waals surface area (Å²) in [5, 5.41) is 10.6. The molecule has 1 amide bonds. The quantitative estimate of drug-likeness (QED) is 0.861. The first-order chi connectivity index (χ1) is 11.2. The van der Waals surface area contributed by atoms with Gasteiger partial charge in [-0.05, 0) is 61.7 Å². The van der Waals surface area contributed by atoms with Gasteiger partial charge in [0.05, 0.1) is 11.5 Å². The van der Waals surface area contributed by atoms with Crippen LogP contribution in [0.3, 0.4) is 0 Å². The van der Waals surface area contributed by atoms with Crippen molar-refractivity contribution in [3.05, 3.63) is 28.7 Å². The van der Waals surface area contributed by atoms with Gasteiger partial charge in [-0.15, -0.1) is 0 Å². The third kappa shape index (κ3) is 3.69. The number of aromatic hydroxyl groups is 1. The van der Waals surface area contributed by atoms with Gasteiger partial charge < -0.3 is 14.7 Å². The van der Waals surface area contributed by atoms with Crippen LogP contribution < -0.4 is 4.74 Å². The second-order valence-corrected chi connectivity index (χ2v) is 6.53. The van der Waals surface area contributed by atoms with Crippen LogP contribution >= 0.6 is 11.8 Å². The summed E-state index contributed by atoms with van der Waals surface area (Å²) in [5.41, 5.74) is 0.817. The number of carbonyl (C=O) groups is 1. The number of nitrogens with zero attached hydrogens (tertiary/aromatic N) is 2. The van der Waals surface area contributed by atoms with Crippen LogP contribution in [0.25, 0.3) is 6.08 Å². The lowest BCUT2D eigenvalue weighted by atomic mass is 10.1. The molecule has 0 unspecified atom stereocenters. The fraction of sp³-hybridized carbons (Fsp3) is 0.412. The third-order valence-corrected chi connectivity index (χ3v) is 4.86. The van der Waals surface area contributed by atoms with Crippen molar-refractivity contribution in [1.29, 1.82) is 0 Å². The van der Waals surface area contributed by atoms with Crippen LogP contribution in [-0.4, -0.2) is 40.8 Å². The second kappa shape index (κ2) is 7.08. The van der Waals surface area contributed by atoms with Crippen molar-refractivity contribution in [2.75, 3.05) is 19.7 Å². The maximum Gasteiger partial charge on any atom is 0.286 e. The number of hydrogen-bond acceptors (Lipinski definition) is 5. The molecular weight excluding hydrogens is 312 g/mol. The van der Waals surface area contributed by atoms with Crippen LogP contribution in [0, 0.1) is 0 Å². The van der Waals surface area contributed by atoms with E-state index in [-0.39, 0.29) is 11.7 Å². The van der Waals surface area contributed by atoms with Gasteiger partial charge in [-0.3, -0.25) is 4.79 Å². The van der Waals surface area contributed by atoms with Gasteiger partial charge in [-0.25, -0.2) is 0 Å². The smallest absolute Gasteiger partial charge is 0.286 e. The van der Waals surface area contributed by atoms with Crippen molar-refractivity contribution < 1.29 is 14.6 Å². The van der Waals surface area contributed by atoms with Gasteiger partial charge in [-0.2, -0.15) is 4.99 Å². The molecule has 2 heterocycles. The minimum Gasteiger partial charge on any atom is -0.504 e. The summed E-state index contributed by atoms with van der Waals surface area (Å²) in [7, 11) is 0. The Balaban J connectivity index is 1.76. The van der Waals surface area contributed by atoms with Crippen molar-refractivity contribution in [2.45, 2.75) is 26.2 Å². The molecule has 1 aromatic carbocycles. The number of hydrogen-bond donors (Lipinski definition) is 1. The number of phenols is 1. The SMILES string of the molecule is CCOc1cc(/C=C2\SC(N3CCCCC3)=NC2=O)ccc1O. The Hall–Kier alpha value is -1.95. The maximum atomic E-state index is 12.1. The van der Waals surface area contributed by atoms with E-state index in [1.165, 1.54) is 18.2 Å². The van der Waals surface area contributed by atoms with Crippen LogP contribution in [0.4, 0.5) is 0 Å². The molecule has 3 rings (SSSR count). The molecule has 0 aliphatic carbocycles. The number of phenolic OH excluding ortho intramolecular Hbond substituents is 1. The van der Waals surface area contributed by atoms with Crippen molar-refractivity contribution in [3.8, 4) is 11.5 Å². The average Bonchev–Trinajstić information content (AvgIpc) is 2.93. The maximum absolute atomic E-state index is 12.1. The van der Waals surface area contributed by atoms with Crippen LogP contribution in [-0.2, 0) is 4.79 Å². The molecule has 0 bridgehead atoms. The highest BCUT2D eigenvalue weighted by molar-refractivity contribution is 8.18. The highest BCUT2D eigenvalue weighted by Gasteiger charge is 2.26. The van der Waals surface area contributed by atoms with Gasteiger partial charge in [-0.1, -0.05) is 6.07 Å². The second-order valence-electron chi connectivity index (χ2n) is 5.52. The summed E-state index contributed by atoms with van der Waals surface area (Å²) in [6, 6.07) is 5.07. The number of aliphatic imine (C=N–C) groups is 1. The zero-order chi connectivity index (χ0) is 16.2. The van der Waals surface area contributed by atoms with E-state index >= 15 is 0 Å². The van der Waals surface area contributed by atoms with Crippen molar-refractivity contribution in [1.82, 2.24) is 4.90 Å². The normalized spacial score (nSPS) is 20.0. The number of ether oxygens (including phenoxy) is 1. The van der Waals surface area contributed by atoms with Gasteiger partial charge in [0, 0.05) is 13.1 Å². The zero-order valence-electron chi connectivity index (χ0n) is 13.1. The standard InChI is InChI=1S/C17H20N2O3S/c1-2-22-14-10-12(6-7-13(14)20)11-15-16(21)18-17(23-15)19-8-4-3-5-9-19/h6-7,10-11,20H,2-5,8-9H2,1H3/b15-11-. The molecule has 0 atom stereocenters. The molecule has 0 saturated carbocycles. The molecule has 23 heavy (non-hydrogen) atoms. The van der Waals surface area contributed by atoms with Gasteiger partial charge in [0.1, 0.15) is 0 Å². The molecule has 0 aromatic heterocycles. The lowest BCUT2D eigenvalue weighted by Crippen LogP contribution is -2.33. The van der Waals surface area contributed by atoms with E-state index in [0.717, 1.165) is 36.7 Å². The highest BCUT2D eigenvalue weighted by atomic mass is 32.2. The minimum atomic E-state index is -0.193.